The van der Waals surface area contributed by atoms with Gasteiger partial charge in [-0.3, -0.25) is 0 Å². The zero-order chi connectivity index (χ0) is 30.5. The molecule has 42 heavy (non-hydrogen) atoms. The molecule has 2 aliphatic rings. The van der Waals surface area contributed by atoms with Crippen molar-refractivity contribution in [1.29, 1.82) is 0 Å². The van der Waals surface area contributed by atoms with Crippen molar-refractivity contribution < 1.29 is 5.11 Å². The topological polar surface area (TPSA) is 123 Å². The van der Waals surface area contributed by atoms with E-state index in [-0.39, 0.29) is 21.7 Å². The lowest BCUT2D eigenvalue weighted by molar-refractivity contribution is 0.311. The smallest absolute Gasteiger partial charge is 0.200 e. The summed E-state index contributed by atoms with van der Waals surface area (Å²) in [6.07, 6.45) is 4.25. The Morgan fingerprint density at radius 3 is 1.10 bits per heavy atom. The maximum absolute atomic E-state index is 7.00. The van der Waals surface area contributed by atoms with E-state index in [4.69, 9.17) is 25.0 Å². The molecule has 0 atom stereocenters. The first-order valence-electron chi connectivity index (χ1n) is 14.7. The number of rotatable bonds is 3. The summed E-state index contributed by atoms with van der Waals surface area (Å²) in [4.78, 5) is 19.8. The Labute approximate surface area is 248 Å². The number of pyridine rings is 2. The molecule has 0 aromatic carbocycles. The van der Waals surface area contributed by atoms with Gasteiger partial charge in [-0.25, -0.2) is 19.9 Å². The Bertz CT molecular complexity index is 1510. The van der Waals surface area contributed by atoms with Crippen molar-refractivity contribution in [3.05, 3.63) is 59.2 Å². The Hall–Kier alpha value is -3.72. The molecule has 0 spiro atoms. The molecule has 4 heterocycles. The van der Waals surface area contributed by atoms with Gasteiger partial charge < -0.3 is 5.11 Å². The standard InChI is InChI=1S/C32H38N8.CH4O/c1-29(2)15-17-31(5,6)25-23(29)35-27(39-37-25)21-13-9-11-19(33-21)20-12-10-14-22(34-20)28-36-24-26(38-40-28)32(7,8)18-16-30(24,3)4;1-2/h9-14H,15-18H2,1-8H3;2H,1H3. The number of nitrogens with zero attached hydrogens (tertiary/aromatic N) is 8. The van der Waals surface area contributed by atoms with Crippen molar-refractivity contribution in [3.8, 4) is 34.4 Å². The van der Waals surface area contributed by atoms with E-state index in [1.54, 1.807) is 0 Å². The minimum absolute atomic E-state index is 0.0401. The molecule has 2 aliphatic carbocycles. The van der Waals surface area contributed by atoms with E-state index < -0.39 is 0 Å². The predicted octanol–water partition coefficient (Wildman–Crippen LogP) is 6.15. The highest BCUT2D eigenvalue weighted by Crippen LogP contribution is 2.45. The van der Waals surface area contributed by atoms with Crippen molar-refractivity contribution >= 4 is 0 Å². The molecule has 9 heteroatoms. The third kappa shape index (κ3) is 5.30. The average Bonchev–Trinajstić information content (AvgIpc) is 2.99. The lowest BCUT2D eigenvalue weighted by Gasteiger charge is -2.39. The van der Waals surface area contributed by atoms with Crippen LogP contribution in [0.25, 0.3) is 34.4 Å². The van der Waals surface area contributed by atoms with Crippen LogP contribution in [0.2, 0.25) is 0 Å². The third-order valence-corrected chi connectivity index (χ3v) is 8.91. The lowest BCUT2D eigenvalue weighted by atomic mass is 9.67. The van der Waals surface area contributed by atoms with Gasteiger partial charge in [-0.2, -0.15) is 10.2 Å². The monoisotopic (exact) mass is 566 g/mol. The van der Waals surface area contributed by atoms with Gasteiger partial charge >= 0.3 is 0 Å². The van der Waals surface area contributed by atoms with Crippen molar-refractivity contribution in [2.75, 3.05) is 7.11 Å². The number of aromatic nitrogens is 8. The van der Waals surface area contributed by atoms with Crippen molar-refractivity contribution in [2.45, 2.75) is 103 Å². The van der Waals surface area contributed by atoms with Gasteiger partial charge in [0.05, 0.1) is 34.2 Å². The van der Waals surface area contributed by atoms with Gasteiger partial charge in [0, 0.05) is 28.8 Å². The highest BCUT2D eigenvalue weighted by Gasteiger charge is 2.41. The molecule has 0 amide bonds. The fourth-order valence-electron chi connectivity index (χ4n) is 5.85. The SMILES string of the molecule is CC1(C)CCC(C)(C)c2nc(-c3cccc(-c4cccc(-c5nnc6c(n5)C(C)(C)CCC6(C)C)n4)n3)nnc21.CO. The molecule has 0 aliphatic heterocycles. The molecule has 0 radical (unpaired) electrons. The summed E-state index contributed by atoms with van der Waals surface area (Å²) in [6.45, 7) is 17.8. The number of aliphatic hydroxyl groups is 1. The van der Waals surface area contributed by atoms with Gasteiger partial charge in [0.25, 0.3) is 0 Å². The zero-order valence-electron chi connectivity index (χ0n) is 26.3. The summed E-state index contributed by atoms with van der Waals surface area (Å²) in [5.74, 6) is 1.07. The summed E-state index contributed by atoms with van der Waals surface area (Å²) >= 11 is 0. The first-order valence-corrected chi connectivity index (χ1v) is 14.7. The van der Waals surface area contributed by atoms with Gasteiger partial charge in [-0.15, -0.1) is 10.2 Å². The van der Waals surface area contributed by atoms with Crippen LogP contribution in [0.15, 0.2) is 36.4 Å². The summed E-state index contributed by atoms with van der Waals surface area (Å²) < 4.78 is 0. The predicted molar refractivity (Wildman–Crippen MR) is 164 cm³/mol. The number of aliphatic hydroxyl groups excluding tert-OH is 1. The molecule has 9 nitrogen and oxygen atoms in total. The Morgan fingerprint density at radius 1 is 0.429 bits per heavy atom. The lowest BCUT2D eigenvalue weighted by Crippen LogP contribution is -2.36. The molecule has 220 valence electrons. The second kappa shape index (κ2) is 10.5. The van der Waals surface area contributed by atoms with E-state index in [1.807, 2.05) is 36.4 Å². The third-order valence-electron chi connectivity index (χ3n) is 8.91. The largest absolute Gasteiger partial charge is 0.400 e. The Morgan fingerprint density at radius 2 is 0.738 bits per heavy atom. The first-order chi connectivity index (χ1) is 19.8. The highest BCUT2D eigenvalue weighted by molar-refractivity contribution is 5.63. The molecule has 6 rings (SSSR count). The molecule has 0 unspecified atom stereocenters. The van der Waals surface area contributed by atoms with E-state index in [0.29, 0.717) is 23.0 Å². The number of hydrogen-bond donors (Lipinski definition) is 1. The van der Waals surface area contributed by atoms with E-state index in [0.717, 1.165) is 67.0 Å². The van der Waals surface area contributed by atoms with Crippen LogP contribution >= 0.6 is 0 Å². The number of hydrogen-bond acceptors (Lipinski definition) is 9. The van der Waals surface area contributed by atoms with Crippen LogP contribution in [-0.4, -0.2) is 52.5 Å². The van der Waals surface area contributed by atoms with Crippen LogP contribution in [0.3, 0.4) is 0 Å². The molecule has 0 saturated carbocycles. The van der Waals surface area contributed by atoms with E-state index in [9.17, 15) is 0 Å². The van der Waals surface area contributed by atoms with Crippen LogP contribution in [-0.2, 0) is 21.7 Å². The molecular weight excluding hydrogens is 524 g/mol. The van der Waals surface area contributed by atoms with Crippen LogP contribution in [0, 0.1) is 0 Å². The van der Waals surface area contributed by atoms with Gasteiger partial charge in [0.15, 0.2) is 0 Å². The Kier molecular flexibility index (Phi) is 7.46. The van der Waals surface area contributed by atoms with Crippen molar-refractivity contribution in [3.63, 3.8) is 0 Å². The molecular formula is C33H42N8O. The summed E-state index contributed by atoms with van der Waals surface area (Å²) in [5, 5.41) is 25.4. The Balaban J connectivity index is 0.00000173. The van der Waals surface area contributed by atoms with Gasteiger partial charge in [0.1, 0.15) is 11.4 Å². The summed E-state index contributed by atoms with van der Waals surface area (Å²) in [6, 6.07) is 11.7. The summed E-state index contributed by atoms with van der Waals surface area (Å²) in [7, 11) is 1.00. The minimum Gasteiger partial charge on any atom is -0.400 e. The van der Waals surface area contributed by atoms with E-state index >= 15 is 0 Å². The average molecular weight is 567 g/mol. The summed E-state index contributed by atoms with van der Waals surface area (Å²) in [5.41, 5.74) is 6.62. The fraction of sp³-hybridized carbons (Fsp3) is 0.515. The van der Waals surface area contributed by atoms with Crippen LogP contribution in [0.4, 0.5) is 0 Å². The number of fused-ring (bicyclic) bond motifs is 2. The van der Waals surface area contributed by atoms with Crippen LogP contribution in [0.5, 0.6) is 0 Å². The van der Waals surface area contributed by atoms with Crippen molar-refractivity contribution in [1.82, 2.24) is 40.3 Å². The minimum atomic E-state index is -0.0598. The van der Waals surface area contributed by atoms with E-state index in [1.165, 1.54) is 0 Å². The van der Waals surface area contributed by atoms with Gasteiger partial charge in [0.2, 0.25) is 11.6 Å². The molecule has 0 fully saturated rings. The molecule has 4 aromatic rings. The van der Waals surface area contributed by atoms with Crippen LogP contribution < -0.4 is 0 Å². The fourth-order valence-corrected chi connectivity index (χ4v) is 5.85. The zero-order valence-corrected chi connectivity index (χ0v) is 26.3. The highest BCUT2D eigenvalue weighted by atomic mass is 16.2. The second-order valence-electron chi connectivity index (χ2n) is 14.0. The first kappa shape index (κ1) is 29.8. The van der Waals surface area contributed by atoms with Crippen LogP contribution in [0.1, 0.15) is 104 Å². The van der Waals surface area contributed by atoms with E-state index in [2.05, 4.69) is 75.8 Å². The van der Waals surface area contributed by atoms with Gasteiger partial charge in [-0.05, 0) is 49.9 Å². The molecule has 0 saturated heterocycles. The van der Waals surface area contributed by atoms with Crippen molar-refractivity contribution in [2.24, 2.45) is 0 Å². The van der Waals surface area contributed by atoms with Gasteiger partial charge in [-0.1, -0.05) is 67.5 Å². The maximum atomic E-state index is 7.00. The molecule has 1 N–H and O–H groups in total. The molecule has 0 bridgehead atoms. The molecule has 4 aromatic heterocycles. The normalized spacial score (nSPS) is 19.1. The quantitative estimate of drug-likeness (QED) is 0.311. The second-order valence-corrected chi connectivity index (χ2v) is 14.0. The maximum Gasteiger partial charge on any atom is 0.200 e.